The smallest absolute Gasteiger partial charge is 0.226 e. The normalized spacial score (nSPS) is 20.1. The fraction of sp³-hybridized carbons (Fsp3) is 0.400. The Labute approximate surface area is 158 Å². The Morgan fingerprint density at radius 3 is 2.52 bits per heavy atom. The predicted molar refractivity (Wildman–Crippen MR) is 102 cm³/mol. The molecule has 0 unspecified atom stereocenters. The second-order valence-electron chi connectivity index (χ2n) is 7.06. The van der Waals surface area contributed by atoms with Gasteiger partial charge in [0.15, 0.2) is 5.76 Å². The lowest BCUT2D eigenvalue weighted by molar-refractivity contribution is -0.00571. The van der Waals surface area contributed by atoms with E-state index >= 15 is 0 Å². The van der Waals surface area contributed by atoms with Crippen molar-refractivity contribution >= 4 is 5.95 Å². The fourth-order valence-corrected chi connectivity index (χ4v) is 3.48. The number of ether oxygens (including phenoxy) is 1. The van der Waals surface area contributed by atoms with Crippen molar-refractivity contribution in [3.63, 3.8) is 0 Å². The molecular formula is C20H23N5O2. The highest BCUT2D eigenvalue weighted by atomic mass is 16.5. The summed E-state index contributed by atoms with van der Waals surface area (Å²) in [7, 11) is 0. The molecule has 0 radical (unpaired) electrons. The Bertz CT molecular complexity index is 945. The first-order valence-electron chi connectivity index (χ1n) is 9.14. The second kappa shape index (κ2) is 7.08. The van der Waals surface area contributed by atoms with Gasteiger partial charge in [-0.15, -0.1) is 0 Å². The molecule has 0 bridgehead atoms. The van der Waals surface area contributed by atoms with Gasteiger partial charge >= 0.3 is 0 Å². The van der Waals surface area contributed by atoms with E-state index < -0.39 is 0 Å². The number of aryl methyl sites for hydroxylation is 2. The van der Waals surface area contributed by atoms with Crippen LogP contribution in [0.3, 0.4) is 0 Å². The molecule has 3 aromatic rings. The van der Waals surface area contributed by atoms with Crippen LogP contribution in [0.5, 0.6) is 0 Å². The SMILES string of the molecule is Cc1cc(-c2cnc(N3C[C@H](C)O[C@@H](C)C3)nc2-c2cccnc2C)on1. The van der Waals surface area contributed by atoms with Gasteiger partial charge in [-0.05, 0) is 39.8 Å². The van der Waals surface area contributed by atoms with Crippen molar-refractivity contribution in [2.45, 2.75) is 39.9 Å². The van der Waals surface area contributed by atoms with Crippen LogP contribution in [-0.2, 0) is 4.74 Å². The van der Waals surface area contributed by atoms with E-state index in [1.165, 1.54) is 0 Å². The average Bonchev–Trinajstić information content (AvgIpc) is 3.07. The monoisotopic (exact) mass is 365 g/mol. The summed E-state index contributed by atoms with van der Waals surface area (Å²) in [5.74, 6) is 1.34. The van der Waals surface area contributed by atoms with Gasteiger partial charge in [0.1, 0.15) is 0 Å². The Hall–Kier alpha value is -2.80. The molecule has 7 heteroatoms. The summed E-state index contributed by atoms with van der Waals surface area (Å²) in [6, 6.07) is 5.83. The van der Waals surface area contributed by atoms with Crippen molar-refractivity contribution in [2.24, 2.45) is 0 Å². The van der Waals surface area contributed by atoms with Gasteiger partial charge in [-0.1, -0.05) is 5.16 Å². The van der Waals surface area contributed by atoms with E-state index in [9.17, 15) is 0 Å². The topological polar surface area (TPSA) is 77.2 Å². The molecule has 1 aliphatic heterocycles. The van der Waals surface area contributed by atoms with Crippen molar-refractivity contribution < 1.29 is 9.26 Å². The van der Waals surface area contributed by atoms with Gasteiger partial charge in [-0.25, -0.2) is 9.97 Å². The number of hydrogen-bond donors (Lipinski definition) is 0. The third-order valence-corrected chi connectivity index (χ3v) is 4.63. The molecule has 2 atom stereocenters. The number of morpholine rings is 1. The highest BCUT2D eigenvalue weighted by Gasteiger charge is 2.26. The van der Waals surface area contributed by atoms with E-state index in [0.29, 0.717) is 11.7 Å². The zero-order valence-electron chi connectivity index (χ0n) is 16.0. The summed E-state index contributed by atoms with van der Waals surface area (Å²) in [4.78, 5) is 16.1. The molecule has 140 valence electrons. The maximum Gasteiger partial charge on any atom is 0.226 e. The van der Waals surface area contributed by atoms with Gasteiger partial charge in [0.05, 0.1) is 29.2 Å². The van der Waals surface area contributed by atoms with Gasteiger partial charge < -0.3 is 14.2 Å². The van der Waals surface area contributed by atoms with Crippen LogP contribution in [0.25, 0.3) is 22.6 Å². The number of anilines is 1. The van der Waals surface area contributed by atoms with Crippen LogP contribution in [0.4, 0.5) is 5.95 Å². The van der Waals surface area contributed by atoms with Crippen LogP contribution < -0.4 is 4.90 Å². The highest BCUT2D eigenvalue weighted by molar-refractivity contribution is 5.79. The van der Waals surface area contributed by atoms with Crippen molar-refractivity contribution in [1.82, 2.24) is 20.1 Å². The molecule has 3 aromatic heterocycles. The van der Waals surface area contributed by atoms with Crippen LogP contribution >= 0.6 is 0 Å². The first-order chi connectivity index (χ1) is 13.0. The summed E-state index contributed by atoms with van der Waals surface area (Å²) in [5, 5.41) is 4.01. The van der Waals surface area contributed by atoms with Crippen LogP contribution in [0.1, 0.15) is 25.2 Å². The van der Waals surface area contributed by atoms with E-state index in [1.807, 2.05) is 38.2 Å². The molecule has 4 heterocycles. The Morgan fingerprint density at radius 2 is 1.85 bits per heavy atom. The quantitative estimate of drug-likeness (QED) is 0.704. The Balaban J connectivity index is 1.83. The van der Waals surface area contributed by atoms with Gasteiger partial charge in [-0.3, -0.25) is 4.98 Å². The third-order valence-electron chi connectivity index (χ3n) is 4.63. The molecule has 0 aliphatic carbocycles. The molecule has 4 rings (SSSR count). The van der Waals surface area contributed by atoms with E-state index in [0.717, 1.165) is 41.3 Å². The molecule has 27 heavy (non-hydrogen) atoms. The number of nitrogens with zero attached hydrogens (tertiary/aromatic N) is 5. The van der Waals surface area contributed by atoms with E-state index in [-0.39, 0.29) is 12.2 Å². The number of hydrogen-bond acceptors (Lipinski definition) is 7. The molecule has 7 nitrogen and oxygen atoms in total. The molecule has 1 aliphatic rings. The first kappa shape index (κ1) is 17.6. The number of pyridine rings is 1. The minimum Gasteiger partial charge on any atom is -0.372 e. The average molecular weight is 365 g/mol. The van der Waals surface area contributed by atoms with Crippen LogP contribution in [0, 0.1) is 13.8 Å². The van der Waals surface area contributed by atoms with Gasteiger partial charge in [0, 0.05) is 42.8 Å². The molecule has 0 N–H and O–H groups in total. The minimum absolute atomic E-state index is 0.137. The predicted octanol–water partition coefficient (Wildman–Crippen LogP) is 3.42. The maximum absolute atomic E-state index is 5.84. The van der Waals surface area contributed by atoms with Crippen LogP contribution in [-0.4, -0.2) is 45.4 Å². The number of aromatic nitrogens is 4. The van der Waals surface area contributed by atoms with Gasteiger partial charge in [0.25, 0.3) is 0 Å². The largest absolute Gasteiger partial charge is 0.372 e. The molecule has 1 fully saturated rings. The first-order valence-corrected chi connectivity index (χ1v) is 9.14. The summed E-state index contributed by atoms with van der Waals surface area (Å²) in [5.41, 5.74) is 4.29. The van der Waals surface area contributed by atoms with Crippen LogP contribution in [0.15, 0.2) is 35.1 Å². The van der Waals surface area contributed by atoms with E-state index in [2.05, 4.69) is 33.9 Å². The van der Waals surface area contributed by atoms with Crippen LogP contribution in [0.2, 0.25) is 0 Å². The third kappa shape index (κ3) is 3.55. The lowest BCUT2D eigenvalue weighted by Crippen LogP contribution is -2.46. The molecule has 0 saturated carbocycles. The van der Waals surface area contributed by atoms with Crippen molar-refractivity contribution in [2.75, 3.05) is 18.0 Å². The number of rotatable bonds is 3. The van der Waals surface area contributed by atoms with Crippen molar-refractivity contribution in [3.05, 3.63) is 42.0 Å². The maximum atomic E-state index is 5.84. The molecule has 0 amide bonds. The fourth-order valence-electron chi connectivity index (χ4n) is 3.48. The van der Waals surface area contributed by atoms with Crippen molar-refractivity contribution in [3.8, 4) is 22.6 Å². The summed E-state index contributed by atoms with van der Waals surface area (Å²) < 4.78 is 11.3. The van der Waals surface area contributed by atoms with E-state index in [1.54, 1.807) is 6.20 Å². The van der Waals surface area contributed by atoms with E-state index in [4.69, 9.17) is 14.2 Å². The highest BCUT2D eigenvalue weighted by Crippen LogP contribution is 2.33. The summed E-state index contributed by atoms with van der Waals surface area (Å²) >= 11 is 0. The van der Waals surface area contributed by atoms with Crippen molar-refractivity contribution in [1.29, 1.82) is 0 Å². The zero-order chi connectivity index (χ0) is 19.0. The standard InChI is InChI=1S/C20H23N5O2/c1-12-8-18(27-24-12)17-9-22-20(25-10-13(2)26-14(3)11-25)23-19(17)16-6-5-7-21-15(16)4/h5-9,13-14H,10-11H2,1-4H3/t13-,14-/m0/s1. The second-order valence-corrected chi connectivity index (χ2v) is 7.06. The Morgan fingerprint density at radius 1 is 1.07 bits per heavy atom. The Kier molecular flexibility index (Phi) is 4.61. The molecular weight excluding hydrogens is 342 g/mol. The summed E-state index contributed by atoms with van der Waals surface area (Å²) in [6.07, 6.45) is 3.87. The van der Waals surface area contributed by atoms with Gasteiger partial charge in [0.2, 0.25) is 5.95 Å². The molecule has 0 aromatic carbocycles. The molecule has 0 spiro atoms. The lowest BCUT2D eigenvalue weighted by atomic mass is 10.0. The molecule has 1 saturated heterocycles. The zero-order valence-corrected chi connectivity index (χ0v) is 16.0. The van der Waals surface area contributed by atoms with Gasteiger partial charge in [-0.2, -0.15) is 0 Å². The lowest BCUT2D eigenvalue weighted by Gasteiger charge is -2.35. The minimum atomic E-state index is 0.137. The summed E-state index contributed by atoms with van der Waals surface area (Å²) in [6.45, 7) is 9.53.